The zero-order valence-electron chi connectivity index (χ0n) is 30.1. The summed E-state index contributed by atoms with van der Waals surface area (Å²) in [6, 6.07) is 12.2. The predicted octanol–water partition coefficient (Wildman–Crippen LogP) is 11.3. The van der Waals surface area contributed by atoms with Gasteiger partial charge in [-0.05, 0) is 72.2 Å². The fourth-order valence-corrected chi connectivity index (χ4v) is 6.18. The van der Waals surface area contributed by atoms with Gasteiger partial charge in [0, 0.05) is 0 Å². The molecule has 0 radical (unpaired) electrons. The molecule has 0 saturated carbocycles. The van der Waals surface area contributed by atoms with E-state index in [1.807, 2.05) is 24.3 Å². The first-order chi connectivity index (χ1) is 22.6. The molecule has 2 aromatic carbocycles. The molecule has 0 aliphatic carbocycles. The van der Waals surface area contributed by atoms with E-state index in [4.69, 9.17) is 18.8 Å². The zero-order valence-corrected chi connectivity index (χ0v) is 30.1. The minimum absolute atomic E-state index is 0.298. The molecular formula is C40H67BO5. The van der Waals surface area contributed by atoms with Crippen LogP contribution in [-0.2, 0) is 35.4 Å². The third-order valence-corrected chi connectivity index (χ3v) is 9.19. The lowest BCUT2D eigenvalue weighted by atomic mass is 9.99. The summed E-state index contributed by atoms with van der Waals surface area (Å²) in [7, 11) is 2.12. The van der Waals surface area contributed by atoms with Crippen LogP contribution in [0.2, 0.25) is 0 Å². The highest BCUT2D eigenvalue weighted by atomic mass is 16.7. The van der Waals surface area contributed by atoms with Crippen molar-refractivity contribution in [1.82, 2.24) is 0 Å². The van der Waals surface area contributed by atoms with Gasteiger partial charge in [-0.2, -0.15) is 0 Å². The Labute approximate surface area is 283 Å². The van der Waals surface area contributed by atoms with Crippen LogP contribution in [0.5, 0.6) is 11.5 Å². The average molecular weight is 639 g/mol. The Bertz CT molecular complexity index is 934. The molecule has 260 valence electrons. The van der Waals surface area contributed by atoms with Crippen LogP contribution < -0.4 is 9.47 Å². The average Bonchev–Trinajstić information content (AvgIpc) is 3.08. The number of hydrogen-bond acceptors (Lipinski definition) is 5. The maximum atomic E-state index is 10.6. The number of methoxy groups -OCH3 is 2. The lowest BCUT2D eigenvalue weighted by Gasteiger charge is -2.15. The van der Waals surface area contributed by atoms with Gasteiger partial charge >= 0.3 is 7.32 Å². The van der Waals surface area contributed by atoms with Crippen LogP contribution in [0.3, 0.4) is 0 Å². The lowest BCUT2D eigenvalue weighted by Crippen LogP contribution is -2.23. The van der Waals surface area contributed by atoms with Gasteiger partial charge in [0.1, 0.15) is 11.5 Å². The van der Waals surface area contributed by atoms with Crippen LogP contribution in [0.15, 0.2) is 36.4 Å². The molecule has 0 heterocycles. The quantitative estimate of drug-likeness (QED) is 0.0681. The number of rotatable bonds is 30. The molecule has 0 spiro atoms. The largest absolute Gasteiger partial charge is 0.637 e. The normalized spacial score (nSPS) is 11.2. The Morgan fingerprint density at radius 2 is 0.783 bits per heavy atom. The van der Waals surface area contributed by atoms with Gasteiger partial charge in [0.25, 0.3) is 0 Å². The number of benzene rings is 2. The van der Waals surface area contributed by atoms with Gasteiger partial charge < -0.3 is 23.8 Å². The molecule has 0 saturated heterocycles. The van der Waals surface area contributed by atoms with E-state index in [1.165, 1.54) is 127 Å². The van der Waals surface area contributed by atoms with E-state index >= 15 is 0 Å². The van der Waals surface area contributed by atoms with E-state index in [9.17, 15) is 5.02 Å². The lowest BCUT2D eigenvalue weighted by molar-refractivity contribution is 0.119. The van der Waals surface area contributed by atoms with Crippen molar-refractivity contribution in [3.05, 3.63) is 58.7 Å². The van der Waals surface area contributed by atoms with E-state index in [-0.39, 0.29) is 0 Å². The Balaban J connectivity index is 1.75. The molecule has 5 nitrogen and oxygen atoms in total. The molecule has 0 aliphatic heterocycles. The first-order valence-electron chi connectivity index (χ1n) is 18.8. The highest BCUT2D eigenvalue weighted by Crippen LogP contribution is 2.24. The van der Waals surface area contributed by atoms with Gasteiger partial charge in [-0.15, -0.1) is 0 Å². The molecular weight excluding hydrogens is 571 g/mol. The van der Waals surface area contributed by atoms with Gasteiger partial charge in [0.15, 0.2) is 0 Å². The number of unbranched alkanes of at least 4 members (excludes halogenated alkanes) is 18. The summed E-state index contributed by atoms with van der Waals surface area (Å²) >= 11 is 0. The number of ether oxygens (including phenoxy) is 2. The van der Waals surface area contributed by atoms with E-state index in [0.717, 1.165) is 48.3 Å². The molecule has 2 rings (SSSR count). The van der Waals surface area contributed by atoms with Crippen LogP contribution in [0, 0.1) is 0 Å². The molecule has 0 unspecified atom stereocenters. The minimum atomic E-state index is -1.29. The summed E-state index contributed by atoms with van der Waals surface area (Å²) in [6.07, 6.45) is 28.4. The summed E-state index contributed by atoms with van der Waals surface area (Å²) in [5, 5.41) is 10.6. The van der Waals surface area contributed by atoms with Crippen LogP contribution in [-0.4, -0.2) is 26.6 Å². The molecule has 0 atom stereocenters. The topological polar surface area (TPSA) is 57.2 Å². The first-order valence-corrected chi connectivity index (χ1v) is 18.8. The summed E-state index contributed by atoms with van der Waals surface area (Å²) < 4.78 is 22.6. The van der Waals surface area contributed by atoms with Crippen molar-refractivity contribution < 1.29 is 23.8 Å². The fourth-order valence-electron chi connectivity index (χ4n) is 6.18. The maximum Gasteiger partial charge on any atom is 0.637 e. The van der Waals surface area contributed by atoms with Crippen molar-refractivity contribution in [3.63, 3.8) is 0 Å². The van der Waals surface area contributed by atoms with Crippen molar-refractivity contribution in [1.29, 1.82) is 0 Å². The second kappa shape index (κ2) is 27.0. The smallest absolute Gasteiger partial charge is 0.497 e. The molecule has 46 heavy (non-hydrogen) atoms. The Hall–Kier alpha value is -2.02. The van der Waals surface area contributed by atoms with Gasteiger partial charge in [-0.3, -0.25) is 0 Å². The Kier molecular flexibility index (Phi) is 23.6. The standard InChI is InChI=1S/C40H67BO5/c1-5-7-9-11-13-15-17-19-21-23-25-35-31-39(43-3)29-27-37(35)33-45-41(42)46-34-38-28-30-40(44-4)32-36(38)26-24-22-20-18-16-14-12-10-8-6-2/h27-32,42H,5-26,33-34H2,1-4H3. The SMILES string of the molecule is CCCCCCCCCCCCc1cc(OC)ccc1COB(O)OCc1ccc(OC)cc1CCCCCCCCCCCC. The molecule has 0 fully saturated rings. The first kappa shape index (κ1) is 40.2. The highest BCUT2D eigenvalue weighted by molar-refractivity contribution is 6.34. The fraction of sp³-hybridized carbons (Fsp3) is 0.700. The zero-order chi connectivity index (χ0) is 33.1. The van der Waals surface area contributed by atoms with E-state index in [1.54, 1.807) is 14.2 Å². The second-order valence-corrected chi connectivity index (χ2v) is 13.1. The van der Waals surface area contributed by atoms with E-state index in [0.29, 0.717) is 13.2 Å². The third kappa shape index (κ3) is 18.4. The summed E-state index contributed by atoms with van der Waals surface area (Å²) in [5.41, 5.74) is 4.59. The molecule has 0 aromatic heterocycles. The van der Waals surface area contributed by atoms with Crippen LogP contribution in [0.1, 0.15) is 165 Å². The Morgan fingerprint density at radius 1 is 0.457 bits per heavy atom. The summed E-state index contributed by atoms with van der Waals surface area (Å²) in [5.74, 6) is 1.72. The van der Waals surface area contributed by atoms with Crippen molar-refractivity contribution in [2.24, 2.45) is 0 Å². The van der Waals surface area contributed by atoms with E-state index in [2.05, 4.69) is 26.0 Å². The molecule has 0 aliphatic rings. The maximum absolute atomic E-state index is 10.6. The molecule has 0 bridgehead atoms. The second-order valence-electron chi connectivity index (χ2n) is 13.1. The van der Waals surface area contributed by atoms with Gasteiger partial charge in [0.2, 0.25) is 0 Å². The summed E-state index contributed by atoms with van der Waals surface area (Å²) in [6.45, 7) is 5.14. The Morgan fingerprint density at radius 3 is 1.11 bits per heavy atom. The van der Waals surface area contributed by atoms with Crippen LogP contribution in [0.4, 0.5) is 0 Å². The van der Waals surface area contributed by atoms with Crippen molar-refractivity contribution in [2.45, 2.75) is 168 Å². The van der Waals surface area contributed by atoms with Crippen molar-refractivity contribution in [3.8, 4) is 11.5 Å². The summed E-state index contributed by atoms with van der Waals surface area (Å²) in [4.78, 5) is 0. The molecule has 2 aromatic rings. The van der Waals surface area contributed by atoms with Crippen LogP contribution >= 0.6 is 0 Å². The van der Waals surface area contributed by atoms with E-state index < -0.39 is 7.32 Å². The van der Waals surface area contributed by atoms with Gasteiger partial charge in [-0.25, -0.2) is 0 Å². The minimum Gasteiger partial charge on any atom is -0.497 e. The monoisotopic (exact) mass is 639 g/mol. The van der Waals surface area contributed by atoms with Crippen LogP contribution in [0.25, 0.3) is 0 Å². The highest BCUT2D eigenvalue weighted by Gasteiger charge is 2.18. The van der Waals surface area contributed by atoms with Crippen molar-refractivity contribution >= 4 is 7.32 Å². The van der Waals surface area contributed by atoms with Crippen molar-refractivity contribution in [2.75, 3.05) is 14.2 Å². The predicted molar refractivity (Wildman–Crippen MR) is 195 cm³/mol. The molecule has 6 heteroatoms. The molecule has 1 N–H and O–H groups in total. The van der Waals surface area contributed by atoms with Gasteiger partial charge in [-0.1, -0.05) is 142 Å². The number of hydrogen-bond donors (Lipinski definition) is 1. The number of aryl methyl sites for hydroxylation is 2. The third-order valence-electron chi connectivity index (χ3n) is 9.19. The van der Waals surface area contributed by atoms with Gasteiger partial charge in [0.05, 0.1) is 27.4 Å². The molecule has 0 amide bonds.